The number of anilines is 1. The van der Waals surface area contributed by atoms with E-state index in [1.165, 1.54) is 0 Å². The Kier molecular flexibility index (Phi) is 5.26. The van der Waals surface area contributed by atoms with Crippen LogP contribution in [0.15, 0.2) is 18.5 Å². The summed E-state index contributed by atoms with van der Waals surface area (Å²) in [6, 6.07) is 2.09. The van der Waals surface area contributed by atoms with Gasteiger partial charge in [-0.3, -0.25) is 9.88 Å². The van der Waals surface area contributed by atoms with Crippen LogP contribution in [0.3, 0.4) is 0 Å². The molecule has 2 saturated heterocycles. The van der Waals surface area contributed by atoms with Crippen molar-refractivity contribution in [3.8, 4) is 5.75 Å². The summed E-state index contributed by atoms with van der Waals surface area (Å²) in [5.74, 6) is 0.860. The fraction of sp³-hybridized carbons (Fsp3) is 0.667. The van der Waals surface area contributed by atoms with Gasteiger partial charge in [-0.05, 0) is 0 Å². The van der Waals surface area contributed by atoms with Gasteiger partial charge >= 0.3 is 0 Å². The highest BCUT2D eigenvalue weighted by atomic mass is 16.5. The lowest BCUT2D eigenvalue weighted by atomic mass is 10.3. The molecule has 2 fully saturated rings. The maximum Gasteiger partial charge on any atom is 0.139 e. The molecule has 6 nitrogen and oxygen atoms in total. The smallest absolute Gasteiger partial charge is 0.139 e. The van der Waals surface area contributed by atoms with Crippen molar-refractivity contribution in [2.75, 3.05) is 70.5 Å². The van der Waals surface area contributed by atoms with Gasteiger partial charge in [-0.15, -0.1) is 0 Å². The molecule has 1 N–H and O–H groups in total. The van der Waals surface area contributed by atoms with Crippen LogP contribution in [0.5, 0.6) is 5.75 Å². The molecule has 6 heteroatoms. The standard InChI is InChI=1S/C15H24N4O2/c1-3-19(4-2-16-1)14-11-15(13-17-12-14)21-10-7-18-5-8-20-9-6-18/h11-13,16H,1-10H2. The molecule has 0 amide bonds. The van der Waals surface area contributed by atoms with Crippen molar-refractivity contribution in [2.45, 2.75) is 0 Å². The first kappa shape index (κ1) is 14.6. The maximum atomic E-state index is 5.85. The lowest BCUT2D eigenvalue weighted by Gasteiger charge is -2.29. The highest BCUT2D eigenvalue weighted by Crippen LogP contribution is 2.19. The molecule has 0 aromatic carbocycles. The number of ether oxygens (including phenoxy) is 2. The molecule has 1 aromatic heterocycles. The van der Waals surface area contributed by atoms with Gasteiger partial charge in [0.05, 0.1) is 31.3 Å². The summed E-state index contributed by atoms with van der Waals surface area (Å²) in [4.78, 5) is 9.02. The summed E-state index contributed by atoms with van der Waals surface area (Å²) in [5.41, 5.74) is 1.15. The second kappa shape index (κ2) is 7.59. The number of pyridine rings is 1. The zero-order valence-corrected chi connectivity index (χ0v) is 12.5. The van der Waals surface area contributed by atoms with Gasteiger partial charge < -0.3 is 19.7 Å². The van der Waals surface area contributed by atoms with E-state index in [2.05, 4.69) is 26.2 Å². The molecular weight excluding hydrogens is 268 g/mol. The molecule has 0 aliphatic carbocycles. The number of piperazine rings is 1. The molecule has 0 unspecified atom stereocenters. The van der Waals surface area contributed by atoms with E-state index in [-0.39, 0.29) is 0 Å². The molecule has 0 spiro atoms. The minimum atomic E-state index is 0.701. The Balaban J connectivity index is 1.48. The minimum absolute atomic E-state index is 0.701. The van der Waals surface area contributed by atoms with E-state index in [1.54, 1.807) is 6.20 Å². The van der Waals surface area contributed by atoms with Crippen molar-refractivity contribution in [3.63, 3.8) is 0 Å². The van der Waals surface area contributed by atoms with E-state index in [1.807, 2.05) is 6.20 Å². The predicted molar refractivity (Wildman–Crippen MR) is 82.1 cm³/mol. The molecule has 2 aliphatic rings. The summed E-state index contributed by atoms with van der Waals surface area (Å²) in [6.45, 7) is 9.43. The Morgan fingerprint density at radius 2 is 1.95 bits per heavy atom. The van der Waals surface area contributed by atoms with Crippen LogP contribution in [0.1, 0.15) is 0 Å². The zero-order valence-electron chi connectivity index (χ0n) is 12.5. The van der Waals surface area contributed by atoms with Crippen molar-refractivity contribution < 1.29 is 9.47 Å². The zero-order chi connectivity index (χ0) is 14.3. The fourth-order valence-electron chi connectivity index (χ4n) is 2.70. The molecular formula is C15H24N4O2. The van der Waals surface area contributed by atoms with Crippen molar-refractivity contribution in [2.24, 2.45) is 0 Å². The fourth-order valence-corrected chi connectivity index (χ4v) is 2.70. The van der Waals surface area contributed by atoms with Crippen LogP contribution in [-0.4, -0.2) is 75.5 Å². The van der Waals surface area contributed by atoms with Crippen LogP contribution in [0.2, 0.25) is 0 Å². The molecule has 1 aromatic rings. The first-order valence-corrected chi connectivity index (χ1v) is 7.75. The topological polar surface area (TPSA) is 49.9 Å². The third-order valence-electron chi connectivity index (χ3n) is 3.96. The number of hydrogen-bond acceptors (Lipinski definition) is 6. The molecule has 3 rings (SSSR count). The molecule has 0 atom stereocenters. The van der Waals surface area contributed by atoms with Crippen molar-refractivity contribution in [3.05, 3.63) is 18.5 Å². The predicted octanol–water partition coefficient (Wildman–Crippen LogP) is 0.202. The summed E-state index contributed by atoms with van der Waals surface area (Å²) in [6.07, 6.45) is 3.71. The molecule has 116 valence electrons. The number of rotatable bonds is 5. The summed E-state index contributed by atoms with van der Waals surface area (Å²) >= 11 is 0. The number of nitrogens with zero attached hydrogens (tertiary/aromatic N) is 3. The second-order valence-corrected chi connectivity index (χ2v) is 5.42. The van der Waals surface area contributed by atoms with Gasteiger partial charge in [-0.2, -0.15) is 0 Å². The highest BCUT2D eigenvalue weighted by molar-refractivity contribution is 5.48. The van der Waals surface area contributed by atoms with Crippen LogP contribution in [0.25, 0.3) is 0 Å². The lowest BCUT2D eigenvalue weighted by molar-refractivity contribution is 0.0322. The van der Waals surface area contributed by atoms with Gasteiger partial charge in [0, 0.05) is 51.9 Å². The van der Waals surface area contributed by atoms with Crippen LogP contribution in [0.4, 0.5) is 5.69 Å². The summed E-state index contributed by atoms with van der Waals surface area (Å²) in [5, 5.41) is 3.36. The molecule has 21 heavy (non-hydrogen) atoms. The summed E-state index contributed by atoms with van der Waals surface area (Å²) < 4.78 is 11.2. The SMILES string of the molecule is c1ncc(N2CCNCC2)cc1OCCN1CCOCC1. The number of morpholine rings is 1. The van der Waals surface area contributed by atoms with Gasteiger partial charge in [0.15, 0.2) is 0 Å². The first-order chi connectivity index (χ1) is 10.4. The average molecular weight is 292 g/mol. The normalized spacial score (nSPS) is 20.5. The monoisotopic (exact) mass is 292 g/mol. The number of aromatic nitrogens is 1. The third kappa shape index (κ3) is 4.30. The Morgan fingerprint density at radius 3 is 2.76 bits per heavy atom. The molecule has 2 aliphatic heterocycles. The third-order valence-corrected chi connectivity index (χ3v) is 3.96. The summed E-state index contributed by atoms with van der Waals surface area (Å²) in [7, 11) is 0. The van der Waals surface area contributed by atoms with Crippen molar-refractivity contribution in [1.29, 1.82) is 0 Å². The van der Waals surface area contributed by atoms with Gasteiger partial charge in [0.2, 0.25) is 0 Å². The molecule has 0 bridgehead atoms. The van der Waals surface area contributed by atoms with Crippen LogP contribution >= 0.6 is 0 Å². The second-order valence-electron chi connectivity index (χ2n) is 5.42. The number of hydrogen-bond donors (Lipinski definition) is 1. The van der Waals surface area contributed by atoms with E-state index in [0.717, 1.165) is 70.5 Å². The van der Waals surface area contributed by atoms with Crippen LogP contribution in [-0.2, 0) is 4.74 Å². The maximum absolute atomic E-state index is 5.85. The van der Waals surface area contributed by atoms with E-state index >= 15 is 0 Å². The van der Waals surface area contributed by atoms with Crippen LogP contribution < -0.4 is 15.0 Å². The van der Waals surface area contributed by atoms with Gasteiger partial charge in [0.25, 0.3) is 0 Å². The van der Waals surface area contributed by atoms with Crippen LogP contribution in [0, 0.1) is 0 Å². The van der Waals surface area contributed by atoms with Crippen molar-refractivity contribution >= 4 is 5.69 Å². The van der Waals surface area contributed by atoms with E-state index in [9.17, 15) is 0 Å². The van der Waals surface area contributed by atoms with Gasteiger partial charge in [-0.1, -0.05) is 0 Å². The molecule has 3 heterocycles. The van der Waals surface area contributed by atoms with Gasteiger partial charge in [-0.25, -0.2) is 0 Å². The minimum Gasteiger partial charge on any atom is -0.491 e. The lowest BCUT2D eigenvalue weighted by Crippen LogP contribution is -2.43. The molecule has 0 radical (unpaired) electrons. The Labute approximate surface area is 126 Å². The average Bonchev–Trinajstić information content (AvgIpc) is 2.57. The van der Waals surface area contributed by atoms with E-state index in [0.29, 0.717) is 6.61 Å². The Bertz CT molecular complexity index is 431. The highest BCUT2D eigenvalue weighted by Gasteiger charge is 2.12. The largest absolute Gasteiger partial charge is 0.491 e. The van der Waals surface area contributed by atoms with E-state index < -0.39 is 0 Å². The number of nitrogens with one attached hydrogen (secondary N) is 1. The van der Waals surface area contributed by atoms with Gasteiger partial charge in [0.1, 0.15) is 12.4 Å². The van der Waals surface area contributed by atoms with Crippen molar-refractivity contribution in [1.82, 2.24) is 15.2 Å². The first-order valence-electron chi connectivity index (χ1n) is 7.75. The Morgan fingerprint density at radius 1 is 1.14 bits per heavy atom. The molecule has 0 saturated carbocycles. The van der Waals surface area contributed by atoms with E-state index in [4.69, 9.17) is 9.47 Å². The quantitative estimate of drug-likeness (QED) is 0.837. The Hall–Kier alpha value is -1.37.